The quantitative estimate of drug-likeness (QED) is 0.557. The highest BCUT2D eigenvalue weighted by molar-refractivity contribution is 7.86. The molecule has 0 saturated heterocycles. The van der Waals surface area contributed by atoms with Crippen molar-refractivity contribution < 1.29 is 37.9 Å². The van der Waals surface area contributed by atoms with E-state index in [2.05, 4.69) is 0 Å². The summed E-state index contributed by atoms with van der Waals surface area (Å²) in [5.41, 5.74) is -1.89. The third kappa shape index (κ3) is 2.34. The molecule has 1 aromatic rings. The number of aromatic hydroxyl groups is 1. The summed E-state index contributed by atoms with van der Waals surface area (Å²) in [5, 5.41) is 26.7. The summed E-state index contributed by atoms with van der Waals surface area (Å²) >= 11 is 0. The number of benzene rings is 1. The molecule has 0 saturated carbocycles. The van der Waals surface area contributed by atoms with E-state index in [9.17, 15) is 23.1 Å². The van der Waals surface area contributed by atoms with Crippen molar-refractivity contribution in [3.63, 3.8) is 0 Å². The van der Waals surface area contributed by atoms with E-state index < -0.39 is 43.8 Å². The second kappa shape index (κ2) is 4.03. The minimum absolute atomic E-state index is 0.598. The van der Waals surface area contributed by atoms with E-state index in [1.54, 1.807) is 0 Å². The predicted molar refractivity (Wildman–Crippen MR) is 51.8 cm³/mol. The van der Waals surface area contributed by atoms with Crippen LogP contribution in [0.3, 0.4) is 0 Å². The van der Waals surface area contributed by atoms with Crippen molar-refractivity contribution in [1.29, 1.82) is 0 Å². The third-order valence-corrected chi connectivity index (χ3v) is 2.75. The molecule has 0 spiro atoms. The van der Waals surface area contributed by atoms with Crippen LogP contribution >= 0.6 is 0 Å². The molecule has 17 heavy (non-hydrogen) atoms. The Morgan fingerprint density at radius 1 is 1.06 bits per heavy atom. The first-order chi connectivity index (χ1) is 7.66. The van der Waals surface area contributed by atoms with Crippen molar-refractivity contribution in [1.82, 2.24) is 0 Å². The molecule has 0 aliphatic rings. The van der Waals surface area contributed by atoms with Crippen LogP contribution in [0.25, 0.3) is 0 Å². The summed E-state index contributed by atoms with van der Waals surface area (Å²) in [6.07, 6.45) is 0. The van der Waals surface area contributed by atoms with Gasteiger partial charge in [-0.2, -0.15) is 8.42 Å². The zero-order valence-corrected chi connectivity index (χ0v) is 8.80. The van der Waals surface area contributed by atoms with Crippen LogP contribution in [0.15, 0.2) is 17.0 Å². The first-order valence-electron chi connectivity index (χ1n) is 3.96. The lowest BCUT2D eigenvalue weighted by atomic mass is 10.1. The first kappa shape index (κ1) is 12.9. The molecule has 1 rings (SSSR count). The van der Waals surface area contributed by atoms with E-state index in [-0.39, 0.29) is 0 Å². The molecular formula is C8H6O8S. The minimum Gasteiger partial charge on any atom is -0.506 e. The molecule has 0 bridgehead atoms. The van der Waals surface area contributed by atoms with Crippen LogP contribution in [0.5, 0.6) is 5.75 Å². The summed E-state index contributed by atoms with van der Waals surface area (Å²) < 4.78 is 30.2. The van der Waals surface area contributed by atoms with Crippen molar-refractivity contribution in [2.24, 2.45) is 0 Å². The number of hydrogen-bond acceptors (Lipinski definition) is 5. The second-order valence-corrected chi connectivity index (χ2v) is 4.31. The molecule has 0 amide bonds. The molecule has 0 atom stereocenters. The fourth-order valence-corrected chi connectivity index (χ4v) is 1.76. The highest BCUT2D eigenvalue weighted by Crippen LogP contribution is 2.29. The Kier molecular flexibility index (Phi) is 3.07. The molecule has 0 fully saturated rings. The molecule has 0 aliphatic heterocycles. The number of carbonyl (C=O) groups is 2. The van der Waals surface area contributed by atoms with Crippen LogP contribution in [-0.4, -0.2) is 40.2 Å². The van der Waals surface area contributed by atoms with Gasteiger partial charge in [0.25, 0.3) is 10.1 Å². The molecular weight excluding hydrogens is 256 g/mol. The van der Waals surface area contributed by atoms with Gasteiger partial charge in [-0.25, -0.2) is 9.59 Å². The largest absolute Gasteiger partial charge is 0.506 e. The summed E-state index contributed by atoms with van der Waals surface area (Å²) in [7, 11) is -4.84. The van der Waals surface area contributed by atoms with E-state index in [1.807, 2.05) is 0 Å². The molecule has 9 heteroatoms. The molecule has 0 unspecified atom stereocenters. The molecule has 8 nitrogen and oxygen atoms in total. The fourth-order valence-electron chi connectivity index (χ4n) is 1.17. The number of hydrogen-bond donors (Lipinski definition) is 4. The van der Waals surface area contributed by atoms with Crippen molar-refractivity contribution in [3.8, 4) is 5.75 Å². The Labute approximate surface area is 94.5 Å². The van der Waals surface area contributed by atoms with Crippen LogP contribution in [-0.2, 0) is 10.1 Å². The Bertz CT molecular complexity index is 600. The van der Waals surface area contributed by atoms with E-state index >= 15 is 0 Å². The van der Waals surface area contributed by atoms with Crippen molar-refractivity contribution in [2.75, 3.05) is 0 Å². The maximum atomic E-state index is 10.8. The van der Waals surface area contributed by atoms with Gasteiger partial charge in [-0.05, 0) is 12.1 Å². The maximum absolute atomic E-state index is 10.8. The van der Waals surface area contributed by atoms with Gasteiger partial charge in [-0.15, -0.1) is 0 Å². The molecule has 0 heterocycles. The molecule has 0 aromatic heterocycles. The lowest BCUT2D eigenvalue weighted by Gasteiger charge is -2.07. The van der Waals surface area contributed by atoms with Gasteiger partial charge < -0.3 is 15.3 Å². The van der Waals surface area contributed by atoms with Crippen molar-refractivity contribution in [2.45, 2.75) is 4.90 Å². The highest BCUT2D eigenvalue weighted by atomic mass is 32.2. The zero-order chi connectivity index (χ0) is 13.4. The van der Waals surface area contributed by atoms with Crippen molar-refractivity contribution >= 4 is 22.1 Å². The van der Waals surface area contributed by atoms with E-state index in [4.69, 9.17) is 14.8 Å². The average molecular weight is 262 g/mol. The number of carboxylic acid groups (broad SMARTS) is 2. The van der Waals surface area contributed by atoms with Crippen LogP contribution in [0.4, 0.5) is 0 Å². The zero-order valence-electron chi connectivity index (χ0n) is 7.98. The van der Waals surface area contributed by atoms with Gasteiger partial charge in [-0.1, -0.05) is 0 Å². The van der Waals surface area contributed by atoms with Gasteiger partial charge >= 0.3 is 11.9 Å². The average Bonchev–Trinajstić information content (AvgIpc) is 2.13. The fraction of sp³-hybridized carbons (Fsp3) is 0. The summed E-state index contributed by atoms with van der Waals surface area (Å²) in [5.74, 6) is -4.80. The number of phenols is 1. The summed E-state index contributed by atoms with van der Waals surface area (Å²) in [4.78, 5) is 20.3. The predicted octanol–water partition coefficient (Wildman–Crippen LogP) is 0.0353. The van der Waals surface area contributed by atoms with E-state index in [1.165, 1.54) is 0 Å². The van der Waals surface area contributed by atoms with Gasteiger partial charge in [0.05, 0.1) is 5.56 Å². The van der Waals surface area contributed by atoms with Crippen LogP contribution in [0, 0.1) is 0 Å². The van der Waals surface area contributed by atoms with Crippen molar-refractivity contribution in [3.05, 3.63) is 23.3 Å². The molecule has 4 N–H and O–H groups in total. The summed E-state index contributed by atoms with van der Waals surface area (Å²) in [6, 6.07) is 1.26. The lowest BCUT2D eigenvalue weighted by molar-refractivity contribution is 0.0648. The Balaban J connectivity index is 3.73. The van der Waals surface area contributed by atoms with Gasteiger partial charge in [0.15, 0.2) is 5.75 Å². The number of aromatic carboxylic acids is 2. The lowest BCUT2D eigenvalue weighted by Crippen LogP contribution is -2.11. The van der Waals surface area contributed by atoms with Gasteiger partial charge in [0, 0.05) is 0 Å². The van der Waals surface area contributed by atoms with Crippen LogP contribution < -0.4 is 0 Å². The summed E-state index contributed by atoms with van der Waals surface area (Å²) in [6.45, 7) is 0. The Morgan fingerprint density at radius 3 is 1.94 bits per heavy atom. The molecule has 0 aliphatic carbocycles. The smallest absolute Gasteiger partial charge is 0.340 e. The monoisotopic (exact) mass is 262 g/mol. The first-order valence-corrected chi connectivity index (χ1v) is 5.40. The number of carboxylic acids is 2. The SMILES string of the molecule is O=C(O)c1ccc(S(=O)(=O)O)c(O)c1C(=O)O. The van der Waals surface area contributed by atoms with Gasteiger partial charge in [0.2, 0.25) is 0 Å². The minimum atomic E-state index is -4.84. The standard InChI is InChI=1S/C8H6O8S/c9-6-4(17(14,15)16)2-1-3(7(10)11)5(6)8(12)13/h1-2,9H,(H,10,11)(H,12,13)(H,14,15,16). The second-order valence-electron chi connectivity index (χ2n) is 2.92. The van der Waals surface area contributed by atoms with Gasteiger partial charge in [-0.3, -0.25) is 4.55 Å². The van der Waals surface area contributed by atoms with Crippen LogP contribution in [0.1, 0.15) is 20.7 Å². The highest BCUT2D eigenvalue weighted by Gasteiger charge is 2.27. The topological polar surface area (TPSA) is 149 Å². The maximum Gasteiger partial charge on any atom is 0.340 e. The van der Waals surface area contributed by atoms with Crippen LogP contribution in [0.2, 0.25) is 0 Å². The Morgan fingerprint density at radius 2 is 1.59 bits per heavy atom. The normalized spacial score (nSPS) is 11.1. The number of rotatable bonds is 3. The molecule has 92 valence electrons. The molecule has 0 radical (unpaired) electrons. The Hall–Kier alpha value is -2.13. The van der Waals surface area contributed by atoms with E-state index in [0.29, 0.717) is 12.1 Å². The van der Waals surface area contributed by atoms with E-state index in [0.717, 1.165) is 0 Å². The van der Waals surface area contributed by atoms with Gasteiger partial charge in [0.1, 0.15) is 10.5 Å². The third-order valence-electron chi connectivity index (χ3n) is 1.86. The molecule has 1 aromatic carbocycles.